The number of carbonyl (C=O) groups is 1. The average molecular weight is 484 g/mol. The lowest BCUT2D eigenvalue weighted by Gasteiger charge is -2.32. The van der Waals surface area contributed by atoms with Crippen LogP contribution in [0.1, 0.15) is 34.5 Å². The largest absolute Gasteiger partial charge is 0.508 e. The summed E-state index contributed by atoms with van der Waals surface area (Å²) in [5, 5.41) is 14.2. The van der Waals surface area contributed by atoms with E-state index in [1.165, 1.54) is 5.56 Å². The molecule has 0 bridgehead atoms. The Bertz CT molecular complexity index is 1340. The van der Waals surface area contributed by atoms with Crippen LogP contribution in [0.4, 0.5) is 0 Å². The zero-order valence-electron chi connectivity index (χ0n) is 20.9. The lowest BCUT2D eigenvalue weighted by Crippen LogP contribution is -2.45. The molecule has 36 heavy (non-hydrogen) atoms. The Morgan fingerprint density at radius 2 is 1.75 bits per heavy atom. The third kappa shape index (κ3) is 4.95. The molecule has 1 saturated heterocycles. The van der Waals surface area contributed by atoms with E-state index in [1.807, 2.05) is 37.3 Å². The molecule has 2 heterocycles. The van der Waals surface area contributed by atoms with E-state index in [9.17, 15) is 9.90 Å². The molecule has 6 heteroatoms. The van der Waals surface area contributed by atoms with Crippen LogP contribution in [0.15, 0.2) is 72.8 Å². The summed E-state index contributed by atoms with van der Waals surface area (Å²) in [6.07, 6.45) is 2.91. The summed E-state index contributed by atoms with van der Waals surface area (Å²) in [6.45, 7) is 4.96. The average Bonchev–Trinajstić information content (AvgIpc) is 3.19. The molecular formula is C30H33N3O3. The van der Waals surface area contributed by atoms with Crippen LogP contribution in [-0.2, 0) is 6.42 Å². The number of rotatable bonds is 7. The van der Waals surface area contributed by atoms with Gasteiger partial charge in [0.2, 0.25) is 0 Å². The van der Waals surface area contributed by atoms with Crippen LogP contribution in [0.25, 0.3) is 16.6 Å². The predicted octanol–water partition coefficient (Wildman–Crippen LogP) is 5.09. The van der Waals surface area contributed by atoms with Crippen LogP contribution in [-0.4, -0.2) is 53.3 Å². The Hall–Kier alpha value is -3.77. The molecule has 6 nitrogen and oxygen atoms in total. The third-order valence-corrected chi connectivity index (χ3v) is 7.23. The minimum absolute atomic E-state index is 0.0851. The van der Waals surface area contributed by atoms with Crippen LogP contribution < -0.4 is 10.1 Å². The molecule has 0 spiro atoms. The molecule has 186 valence electrons. The second-order valence-corrected chi connectivity index (χ2v) is 9.52. The smallest absolute Gasteiger partial charge is 0.253 e. The number of aromatic nitrogens is 1. The fraction of sp³-hybridized carbons (Fsp3) is 0.300. The topological polar surface area (TPSA) is 66.7 Å². The molecule has 0 aliphatic carbocycles. The number of amides is 1. The van der Waals surface area contributed by atoms with Crippen molar-refractivity contribution in [3.63, 3.8) is 0 Å². The van der Waals surface area contributed by atoms with E-state index in [2.05, 4.69) is 45.1 Å². The molecule has 0 saturated carbocycles. The van der Waals surface area contributed by atoms with E-state index in [4.69, 9.17) is 4.74 Å². The number of likely N-dealkylation sites (tertiary alicyclic amines) is 1. The summed E-state index contributed by atoms with van der Waals surface area (Å²) >= 11 is 0. The number of carbonyl (C=O) groups excluding carboxylic acids is 1. The quantitative estimate of drug-likeness (QED) is 0.384. The molecule has 0 unspecified atom stereocenters. The maximum atomic E-state index is 13.6. The van der Waals surface area contributed by atoms with Gasteiger partial charge in [-0.2, -0.15) is 0 Å². The van der Waals surface area contributed by atoms with Crippen LogP contribution in [0, 0.1) is 6.92 Å². The van der Waals surface area contributed by atoms with Gasteiger partial charge in [-0.1, -0.05) is 30.3 Å². The van der Waals surface area contributed by atoms with Crippen molar-refractivity contribution < 1.29 is 14.6 Å². The van der Waals surface area contributed by atoms with Crippen LogP contribution in [0.5, 0.6) is 11.5 Å². The van der Waals surface area contributed by atoms with Gasteiger partial charge in [-0.25, -0.2) is 0 Å². The predicted molar refractivity (Wildman–Crippen MR) is 143 cm³/mol. The lowest BCUT2D eigenvalue weighted by atomic mass is 10.0. The molecule has 0 radical (unpaired) electrons. The fourth-order valence-electron chi connectivity index (χ4n) is 5.25. The van der Waals surface area contributed by atoms with Crippen LogP contribution in [0.2, 0.25) is 0 Å². The van der Waals surface area contributed by atoms with E-state index in [1.54, 1.807) is 19.2 Å². The summed E-state index contributed by atoms with van der Waals surface area (Å²) in [5.41, 5.74) is 4.65. The van der Waals surface area contributed by atoms with Gasteiger partial charge in [0, 0.05) is 42.4 Å². The van der Waals surface area contributed by atoms with E-state index in [0.29, 0.717) is 5.56 Å². The first-order valence-corrected chi connectivity index (χ1v) is 12.6. The second kappa shape index (κ2) is 10.5. The first-order chi connectivity index (χ1) is 17.5. The van der Waals surface area contributed by atoms with Crippen molar-refractivity contribution in [2.24, 2.45) is 0 Å². The van der Waals surface area contributed by atoms with Crippen LogP contribution >= 0.6 is 0 Å². The van der Waals surface area contributed by atoms with Gasteiger partial charge >= 0.3 is 0 Å². The number of hydrogen-bond donors (Lipinski definition) is 2. The summed E-state index contributed by atoms with van der Waals surface area (Å²) in [6, 6.07) is 23.7. The normalized spacial score (nSPS) is 14.7. The monoisotopic (exact) mass is 483 g/mol. The number of aromatic hydroxyl groups is 1. The van der Waals surface area contributed by atoms with Gasteiger partial charge in [-0.3, -0.25) is 4.79 Å². The standard InChI is InChI=1S/C30H33N3O3/c1-21-29(27-20-25(34)10-13-28(27)33(21)24-8-11-26(36-2)12-9-24)30(35)31-23-15-18-32(19-16-23)17-14-22-6-4-3-5-7-22/h3-13,20,23,34H,14-19H2,1-2H3,(H,31,35). The summed E-state index contributed by atoms with van der Waals surface area (Å²) in [5.74, 6) is 0.840. The van der Waals surface area contributed by atoms with Crippen molar-refractivity contribution in [1.29, 1.82) is 0 Å². The summed E-state index contributed by atoms with van der Waals surface area (Å²) < 4.78 is 7.37. The van der Waals surface area contributed by atoms with Crippen LogP contribution in [0.3, 0.4) is 0 Å². The highest BCUT2D eigenvalue weighted by atomic mass is 16.5. The van der Waals surface area contributed by atoms with Crippen molar-refractivity contribution in [3.8, 4) is 17.2 Å². The summed E-state index contributed by atoms with van der Waals surface area (Å²) in [4.78, 5) is 16.0. The van der Waals surface area contributed by atoms with Crippen molar-refractivity contribution in [2.75, 3.05) is 26.7 Å². The number of ether oxygens (including phenoxy) is 1. The van der Waals surface area contributed by atoms with Crippen molar-refractivity contribution in [1.82, 2.24) is 14.8 Å². The molecule has 5 rings (SSSR count). The molecular weight excluding hydrogens is 450 g/mol. The van der Waals surface area contributed by atoms with E-state index in [0.717, 1.165) is 66.9 Å². The molecule has 3 aromatic carbocycles. The maximum Gasteiger partial charge on any atom is 0.253 e. The summed E-state index contributed by atoms with van der Waals surface area (Å²) in [7, 11) is 1.64. The number of nitrogens with zero attached hydrogens (tertiary/aromatic N) is 2. The van der Waals surface area contributed by atoms with Gasteiger partial charge in [-0.15, -0.1) is 0 Å². The number of fused-ring (bicyclic) bond motifs is 1. The Labute approximate surface area is 212 Å². The second-order valence-electron chi connectivity index (χ2n) is 9.52. The lowest BCUT2D eigenvalue weighted by molar-refractivity contribution is 0.0912. The molecule has 1 aliphatic heterocycles. The number of phenolic OH excluding ortho intramolecular Hbond substituents is 1. The highest BCUT2D eigenvalue weighted by Gasteiger charge is 2.25. The van der Waals surface area contributed by atoms with E-state index >= 15 is 0 Å². The first kappa shape index (κ1) is 23.9. The Balaban J connectivity index is 1.31. The highest BCUT2D eigenvalue weighted by Crippen LogP contribution is 2.32. The van der Waals surface area contributed by atoms with Gasteiger partial charge in [-0.05, 0) is 74.2 Å². The maximum absolute atomic E-state index is 13.6. The zero-order valence-corrected chi connectivity index (χ0v) is 20.9. The Kier molecular flexibility index (Phi) is 6.96. The number of methoxy groups -OCH3 is 1. The molecule has 1 amide bonds. The molecule has 4 aromatic rings. The molecule has 1 fully saturated rings. The SMILES string of the molecule is COc1ccc(-n2c(C)c(C(=O)NC3CCN(CCc4ccccc4)CC3)c3cc(O)ccc32)cc1. The van der Waals surface area contributed by atoms with Crippen molar-refractivity contribution in [2.45, 2.75) is 32.2 Å². The van der Waals surface area contributed by atoms with Gasteiger partial charge in [0.1, 0.15) is 11.5 Å². The minimum Gasteiger partial charge on any atom is -0.508 e. The number of phenols is 1. The zero-order chi connectivity index (χ0) is 25.1. The van der Waals surface area contributed by atoms with E-state index in [-0.39, 0.29) is 17.7 Å². The molecule has 2 N–H and O–H groups in total. The van der Waals surface area contributed by atoms with Gasteiger partial charge in [0.25, 0.3) is 5.91 Å². The molecule has 1 aromatic heterocycles. The minimum atomic E-state index is -0.0851. The molecule has 1 aliphatic rings. The van der Waals surface area contributed by atoms with Gasteiger partial charge in [0.15, 0.2) is 0 Å². The van der Waals surface area contributed by atoms with Crippen molar-refractivity contribution in [3.05, 3.63) is 89.6 Å². The third-order valence-electron chi connectivity index (χ3n) is 7.23. The van der Waals surface area contributed by atoms with E-state index < -0.39 is 0 Å². The number of benzene rings is 3. The highest BCUT2D eigenvalue weighted by molar-refractivity contribution is 6.09. The number of hydrogen-bond acceptors (Lipinski definition) is 4. The number of nitrogens with one attached hydrogen (secondary N) is 1. The van der Waals surface area contributed by atoms with Gasteiger partial charge in [0.05, 0.1) is 18.2 Å². The van der Waals surface area contributed by atoms with Gasteiger partial charge < -0.3 is 24.6 Å². The number of piperidine rings is 1. The fourth-order valence-corrected chi connectivity index (χ4v) is 5.25. The first-order valence-electron chi connectivity index (χ1n) is 12.6. The Morgan fingerprint density at radius 1 is 1.03 bits per heavy atom. The molecule has 0 atom stereocenters. The Morgan fingerprint density at radius 3 is 2.44 bits per heavy atom. The van der Waals surface area contributed by atoms with Crippen molar-refractivity contribution >= 4 is 16.8 Å².